The number of aliphatic hydroxyl groups is 1. The fraction of sp³-hybridized carbons (Fsp3) is 0.200. The van der Waals surface area contributed by atoms with Crippen LogP contribution in [0.25, 0.3) is 11.4 Å². The van der Waals surface area contributed by atoms with Crippen LogP contribution in [0.2, 0.25) is 5.02 Å². The van der Waals surface area contributed by atoms with E-state index in [2.05, 4.69) is 30.4 Å². The molecule has 0 saturated carbocycles. The third kappa shape index (κ3) is 5.38. The van der Waals surface area contributed by atoms with Gasteiger partial charge in [0.2, 0.25) is 0 Å². The molecule has 1 atom stereocenters. The van der Waals surface area contributed by atoms with E-state index in [1.54, 1.807) is 11.0 Å². The number of hydrogen-bond acceptors (Lipinski definition) is 5. The molecule has 2 heterocycles. The summed E-state index contributed by atoms with van der Waals surface area (Å²) in [6.45, 7) is 14.4. The molecule has 13 heteroatoms. The Labute approximate surface area is 253 Å². The first-order valence-corrected chi connectivity index (χ1v) is 13.4. The maximum atomic E-state index is 14.4. The molecule has 0 amide bonds. The van der Waals surface area contributed by atoms with Crippen LogP contribution in [0.1, 0.15) is 47.2 Å². The zero-order valence-corrected chi connectivity index (χ0v) is 23.7. The predicted octanol–water partition coefficient (Wildman–Crippen LogP) is 6.83. The van der Waals surface area contributed by atoms with Gasteiger partial charge in [0.05, 0.1) is 28.5 Å². The molecular weight excluding hydrogens is 584 g/mol. The molecule has 0 fully saturated rings. The van der Waals surface area contributed by atoms with Crippen LogP contribution < -0.4 is 20.4 Å². The summed E-state index contributed by atoms with van der Waals surface area (Å²) in [5.41, 5.74) is -1.18. The van der Waals surface area contributed by atoms with Gasteiger partial charge in [-0.15, -0.1) is 0 Å². The maximum absolute atomic E-state index is 14.4. The summed E-state index contributed by atoms with van der Waals surface area (Å²) in [5, 5.41) is 17.2. The Morgan fingerprint density at radius 2 is 1.79 bits per heavy atom. The van der Waals surface area contributed by atoms with Gasteiger partial charge in [0, 0.05) is 50.9 Å². The lowest BCUT2D eigenvalue weighted by atomic mass is 9.71. The minimum atomic E-state index is -4.79. The van der Waals surface area contributed by atoms with Crippen LogP contribution in [0, 0.1) is 11.6 Å². The van der Waals surface area contributed by atoms with E-state index in [9.17, 15) is 27.1 Å². The Kier molecular flexibility index (Phi) is 7.59. The van der Waals surface area contributed by atoms with Gasteiger partial charge in [-0.2, -0.15) is 13.2 Å². The first kappa shape index (κ1) is 30.6. The summed E-state index contributed by atoms with van der Waals surface area (Å²) in [6, 6.07) is 6.72. The van der Waals surface area contributed by atoms with Crippen LogP contribution in [0.3, 0.4) is 0 Å². The van der Waals surface area contributed by atoms with Gasteiger partial charge in [-0.3, -0.25) is 0 Å². The molecule has 0 spiro atoms. The molecule has 2 aliphatic rings. The largest absolute Gasteiger partial charge is 0.416 e. The topological polar surface area (TPSA) is 50.8 Å². The summed E-state index contributed by atoms with van der Waals surface area (Å²) >= 11 is 6.49. The van der Waals surface area contributed by atoms with Crippen LogP contribution in [0.5, 0.6) is 0 Å². The molecular formula is C30H24B2ClF5N4O. The molecule has 218 valence electrons. The normalized spacial score (nSPS) is 16.3. The van der Waals surface area contributed by atoms with Gasteiger partial charge < -0.3 is 25.5 Å². The van der Waals surface area contributed by atoms with E-state index in [0.717, 1.165) is 12.1 Å². The van der Waals surface area contributed by atoms with Crippen LogP contribution in [-0.4, -0.2) is 32.9 Å². The minimum Gasteiger partial charge on any atom is -0.389 e. The van der Waals surface area contributed by atoms with E-state index in [1.807, 2.05) is 6.92 Å². The number of rotatable bonds is 7. The lowest BCUT2D eigenvalue weighted by Gasteiger charge is -2.36. The SMILES string of the molecule is [B]C([B])(O)N1C(=C)N(CCC)c2cc(NC(=C)c3cc(F)cc(C(F)(F)F)c3)c3c(c21)C(=C)NC3c1cc(F)ccc1Cl. The Balaban J connectivity index is 1.76. The molecule has 0 aliphatic carbocycles. The highest BCUT2D eigenvalue weighted by Crippen LogP contribution is 2.55. The van der Waals surface area contributed by atoms with E-state index in [0.29, 0.717) is 58.5 Å². The average Bonchev–Trinajstić information content (AvgIpc) is 3.39. The Bertz CT molecular complexity index is 1690. The second-order valence-electron chi connectivity index (χ2n) is 10.3. The molecule has 4 radical (unpaired) electrons. The highest BCUT2D eigenvalue weighted by atomic mass is 35.5. The number of anilines is 3. The highest BCUT2D eigenvalue weighted by Gasteiger charge is 2.44. The molecule has 5 nitrogen and oxygen atoms in total. The molecule has 0 aromatic heterocycles. The van der Waals surface area contributed by atoms with Crippen molar-refractivity contribution >= 4 is 55.7 Å². The molecule has 43 heavy (non-hydrogen) atoms. The van der Waals surface area contributed by atoms with Gasteiger partial charge in [-0.1, -0.05) is 38.3 Å². The second-order valence-corrected chi connectivity index (χ2v) is 10.7. The summed E-state index contributed by atoms with van der Waals surface area (Å²) in [5.74, 6) is -1.41. The van der Waals surface area contributed by atoms with E-state index in [-0.39, 0.29) is 22.1 Å². The van der Waals surface area contributed by atoms with Gasteiger partial charge in [-0.25, -0.2) is 8.78 Å². The molecule has 0 bridgehead atoms. The first-order chi connectivity index (χ1) is 20.0. The van der Waals surface area contributed by atoms with Crippen LogP contribution >= 0.6 is 11.6 Å². The first-order valence-electron chi connectivity index (χ1n) is 13.1. The number of nitrogens with zero attached hydrogens (tertiary/aromatic N) is 2. The van der Waals surface area contributed by atoms with Gasteiger partial charge in [0.15, 0.2) is 0 Å². The van der Waals surface area contributed by atoms with Gasteiger partial charge in [0.1, 0.15) is 33.1 Å². The number of halogens is 6. The van der Waals surface area contributed by atoms with Crippen molar-refractivity contribution in [2.75, 3.05) is 21.7 Å². The van der Waals surface area contributed by atoms with Gasteiger partial charge in [0.25, 0.3) is 0 Å². The zero-order chi connectivity index (χ0) is 31.6. The number of hydrogen-bond donors (Lipinski definition) is 3. The summed E-state index contributed by atoms with van der Waals surface area (Å²) in [7, 11) is 12.0. The highest BCUT2D eigenvalue weighted by molar-refractivity contribution is 6.41. The van der Waals surface area contributed by atoms with Crippen molar-refractivity contribution < 1.29 is 27.1 Å². The number of alkyl halides is 3. The zero-order valence-electron chi connectivity index (χ0n) is 22.9. The second kappa shape index (κ2) is 10.7. The molecule has 1 unspecified atom stereocenters. The molecule has 3 aromatic carbocycles. The quantitative estimate of drug-likeness (QED) is 0.203. The van der Waals surface area contributed by atoms with Crippen molar-refractivity contribution in [1.82, 2.24) is 5.32 Å². The third-order valence-corrected chi connectivity index (χ3v) is 7.59. The predicted molar refractivity (Wildman–Crippen MR) is 162 cm³/mol. The minimum absolute atomic E-state index is 0.0568. The van der Waals surface area contributed by atoms with E-state index < -0.39 is 34.9 Å². The molecule has 2 aliphatic heterocycles. The smallest absolute Gasteiger partial charge is 0.389 e. The van der Waals surface area contributed by atoms with Crippen molar-refractivity contribution in [1.29, 1.82) is 0 Å². The standard InChI is InChI=1S/C30H24B2ClF5N4O/c1-5-8-41-16(4)42(30(31,32)43)28-24(41)13-23(39-14(2)17-9-18(29(36,37)38)11-20(35)10-17)26-25(28)15(3)40-27(26)21-12-19(34)6-7-22(21)33/h6-7,9-13,27,39-40,43H,2-5,8H2,1H3. The lowest BCUT2D eigenvalue weighted by molar-refractivity contribution is -0.137. The fourth-order valence-electron chi connectivity index (χ4n) is 5.51. The molecule has 3 aromatic rings. The number of benzene rings is 3. The van der Waals surface area contributed by atoms with E-state index in [1.165, 1.54) is 23.1 Å². The van der Waals surface area contributed by atoms with Crippen LogP contribution in [-0.2, 0) is 6.18 Å². The summed E-state index contributed by atoms with van der Waals surface area (Å²) in [6.07, 6.45) is -4.14. The Hall–Kier alpha value is -3.89. The number of fused-ring (bicyclic) bond motifs is 3. The molecule has 3 N–H and O–H groups in total. The fourth-order valence-corrected chi connectivity index (χ4v) is 5.74. The van der Waals surface area contributed by atoms with Crippen molar-refractivity contribution in [2.24, 2.45) is 0 Å². The van der Waals surface area contributed by atoms with Crippen LogP contribution in [0.4, 0.5) is 39.0 Å². The summed E-state index contributed by atoms with van der Waals surface area (Å²) < 4.78 is 69.1. The van der Waals surface area contributed by atoms with E-state index in [4.69, 9.17) is 27.3 Å². The van der Waals surface area contributed by atoms with Gasteiger partial charge in [-0.05, 0) is 48.9 Å². The molecule has 0 saturated heterocycles. The monoisotopic (exact) mass is 608 g/mol. The molecule has 5 rings (SSSR count). The average molecular weight is 609 g/mol. The van der Waals surface area contributed by atoms with Crippen molar-refractivity contribution in [3.8, 4) is 0 Å². The van der Waals surface area contributed by atoms with Crippen LogP contribution in [0.15, 0.2) is 68.0 Å². The third-order valence-electron chi connectivity index (χ3n) is 7.25. The Morgan fingerprint density at radius 3 is 2.42 bits per heavy atom. The van der Waals surface area contributed by atoms with E-state index >= 15 is 0 Å². The lowest BCUT2D eigenvalue weighted by Crippen LogP contribution is -2.50. The van der Waals surface area contributed by atoms with Crippen molar-refractivity contribution in [3.63, 3.8) is 0 Å². The number of nitrogens with one attached hydrogen (secondary N) is 2. The van der Waals surface area contributed by atoms with Crippen molar-refractivity contribution in [3.05, 3.63) is 112 Å². The van der Waals surface area contributed by atoms with Crippen molar-refractivity contribution in [2.45, 2.75) is 31.1 Å². The summed E-state index contributed by atoms with van der Waals surface area (Å²) in [4.78, 5) is 2.99. The maximum Gasteiger partial charge on any atom is 0.416 e. The Morgan fingerprint density at radius 1 is 1.09 bits per heavy atom. The van der Waals surface area contributed by atoms with Gasteiger partial charge >= 0.3 is 6.18 Å².